The van der Waals surface area contributed by atoms with Gasteiger partial charge in [0.1, 0.15) is 0 Å². The molecule has 23 heavy (non-hydrogen) atoms. The minimum atomic E-state index is -2.28. The number of nitrogens with one attached hydrogen (secondary N) is 1. The van der Waals surface area contributed by atoms with Crippen LogP contribution in [0.15, 0.2) is 29.4 Å². The normalized spacial score (nSPS) is 11.0. The number of benzene rings is 2. The zero-order valence-corrected chi connectivity index (χ0v) is 11.2. The van der Waals surface area contributed by atoms with Crippen molar-refractivity contribution in [2.45, 2.75) is 0 Å². The van der Waals surface area contributed by atoms with Gasteiger partial charge in [0.05, 0.1) is 17.3 Å². The second kappa shape index (κ2) is 6.42. The van der Waals surface area contributed by atoms with Crippen LogP contribution in [0.25, 0.3) is 0 Å². The number of amides is 1. The van der Waals surface area contributed by atoms with Crippen LogP contribution in [0.4, 0.5) is 27.6 Å². The molecule has 0 aliphatic carbocycles. The van der Waals surface area contributed by atoms with Crippen molar-refractivity contribution in [1.29, 1.82) is 0 Å². The molecule has 0 unspecified atom stereocenters. The molecule has 0 saturated carbocycles. The number of nitrogens with zero attached hydrogens (tertiary/aromatic N) is 1. The van der Waals surface area contributed by atoms with Crippen molar-refractivity contribution in [3.8, 4) is 0 Å². The first-order chi connectivity index (χ1) is 10.8. The Morgan fingerprint density at radius 2 is 1.48 bits per heavy atom. The molecule has 2 aromatic rings. The van der Waals surface area contributed by atoms with E-state index in [9.17, 15) is 26.7 Å². The lowest BCUT2D eigenvalue weighted by Gasteiger charge is -2.05. The highest BCUT2D eigenvalue weighted by Crippen LogP contribution is 2.21. The molecule has 0 fully saturated rings. The summed E-state index contributed by atoms with van der Waals surface area (Å²) < 4.78 is 65.6. The summed E-state index contributed by atoms with van der Waals surface area (Å²) >= 11 is 0. The summed E-state index contributed by atoms with van der Waals surface area (Å²) in [7, 11) is 0. The van der Waals surface area contributed by atoms with Gasteiger partial charge in [0.25, 0.3) is 5.91 Å². The van der Waals surface area contributed by atoms with Gasteiger partial charge in [-0.1, -0.05) is 12.1 Å². The van der Waals surface area contributed by atoms with Crippen molar-refractivity contribution in [3.63, 3.8) is 0 Å². The zero-order chi connectivity index (χ0) is 17.1. The molecule has 0 radical (unpaired) electrons. The standard InChI is InChI=1S/C14H8F5N3O/c15-9-7(10(16)12(18)13(19)11(9)17)5-21-22-14(23)6-3-1-2-4-8(6)20/h1-5H,20H2,(H,22,23)/b21-5+. The maximum absolute atomic E-state index is 13.4. The number of hydrogen-bond acceptors (Lipinski definition) is 3. The first-order valence-corrected chi connectivity index (χ1v) is 6.04. The van der Waals surface area contributed by atoms with Gasteiger partial charge in [0.15, 0.2) is 23.3 Å². The SMILES string of the molecule is Nc1ccccc1C(=O)N/N=C/c1c(F)c(F)c(F)c(F)c1F. The largest absolute Gasteiger partial charge is 0.398 e. The Bertz CT molecular complexity index is 778. The van der Waals surface area contributed by atoms with Crippen LogP contribution in [-0.2, 0) is 0 Å². The van der Waals surface area contributed by atoms with Crippen LogP contribution in [0.2, 0.25) is 0 Å². The first-order valence-electron chi connectivity index (χ1n) is 6.04. The minimum Gasteiger partial charge on any atom is -0.398 e. The smallest absolute Gasteiger partial charge is 0.273 e. The zero-order valence-electron chi connectivity index (χ0n) is 11.2. The van der Waals surface area contributed by atoms with E-state index >= 15 is 0 Å². The van der Waals surface area contributed by atoms with E-state index < -0.39 is 40.6 Å². The lowest BCUT2D eigenvalue weighted by atomic mass is 10.2. The Morgan fingerprint density at radius 1 is 0.957 bits per heavy atom. The number of anilines is 1. The van der Waals surface area contributed by atoms with Gasteiger partial charge >= 0.3 is 0 Å². The summed E-state index contributed by atoms with van der Waals surface area (Å²) in [5, 5.41) is 3.18. The minimum absolute atomic E-state index is 0.0297. The summed E-state index contributed by atoms with van der Waals surface area (Å²) in [6.45, 7) is 0. The van der Waals surface area contributed by atoms with Crippen molar-refractivity contribution in [2.24, 2.45) is 5.10 Å². The molecule has 2 rings (SSSR count). The topological polar surface area (TPSA) is 67.5 Å². The highest BCUT2D eigenvalue weighted by atomic mass is 19.2. The number of rotatable bonds is 3. The predicted octanol–water partition coefficient (Wildman–Crippen LogP) is 2.73. The van der Waals surface area contributed by atoms with Crippen molar-refractivity contribution in [3.05, 3.63) is 64.5 Å². The Morgan fingerprint density at radius 3 is 2.04 bits per heavy atom. The number of nitrogen functional groups attached to an aromatic ring is 1. The fourth-order valence-corrected chi connectivity index (χ4v) is 1.65. The fraction of sp³-hybridized carbons (Fsp3) is 0. The van der Waals surface area contributed by atoms with Crippen molar-refractivity contribution >= 4 is 17.8 Å². The second-order valence-electron chi connectivity index (χ2n) is 4.27. The molecular formula is C14H8F5N3O. The summed E-state index contributed by atoms with van der Waals surface area (Å²) in [6, 6.07) is 5.88. The van der Waals surface area contributed by atoms with Gasteiger partial charge in [-0.3, -0.25) is 4.79 Å². The lowest BCUT2D eigenvalue weighted by molar-refractivity contribution is 0.0956. The Labute approximate surface area is 126 Å². The van der Waals surface area contributed by atoms with Crippen LogP contribution in [-0.4, -0.2) is 12.1 Å². The molecule has 9 heteroatoms. The van der Waals surface area contributed by atoms with Crippen LogP contribution in [0.5, 0.6) is 0 Å². The van der Waals surface area contributed by atoms with Crippen LogP contribution >= 0.6 is 0 Å². The van der Waals surface area contributed by atoms with E-state index in [-0.39, 0.29) is 11.3 Å². The van der Waals surface area contributed by atoms with E-state index in [1.54, 1.807) is 6.07 Å². The average Bonchev–Trinajstić information content (AvgIpc) is 2.54. The van der Waals surface area contributed by atoms with Gasteiger partial charge in [-0.05, 0) is 12.1 Å². The Hall–Kier alpha value is -2.97. The summed E-state index contributed by atoms with van der Waals surface area (Å²) in [4.78, 5) is 11.7. The maximum atomic E-state index is 13.4. The fourth-order valence-electron chi connectivity index (χ4n) is 1.65. The van der Waals surface area contributed by atoms with Gasteiger partial charge in [-0.25, -0.2) is 27.4 Å². The van der Waals surface area contributed by atoms with Crippen LogP contribution < -0.4 is 11.2 Å². The number of carbonyl (C=O) groups excluding carboxylic acids is 1. The Kier molecular flexibility index (Phi) is 4.58. The molecule has 0 spiro atoms. The van der Waals surface area contributed by atoms with E-state index in [2.05, 4.69) is 5.10 Å². The first kappa shape index (κ1) is 16.4. The summed E-state index contributed by atoms with van der Waals surface area (Å²) in [6.07, 6.45) is 0.313. The number of halogens is 5. The van der Waals surface area contributed by atoms with E-state index in [4.69, 9.17) is 5.73 Å². The molecule has 2 aromatic carbocycles. The van der Waals surface area contributed by atoms with E-state index in [1.165, 1.54) is 18.2 Å². The van der Waals surface area contributed by atoms with Crippen molar-refractivity contribution in [2.75, 3.05) is 5.73 Å². The van der Waals surface area contributed by atoms with Gasteiger partial charge in [0, 0.05) is 5.69 Å². The monoisotopic (exact) mass is 329 g/mol. The van der Waals surface area contributed by atoms with Crippen molar-refractivity contribution < 1.29 is 26.7 Å². The average molecular weight is 329 g/mol. The summed E-state index contributed by atoms with van der Waals surface area (Å²) in [5.74, 6) is -11.4. The van der Waals surface area contributed by atoms with E-state index in [1.807, 2.05) is 5.43 Å². The molecule has 0 aliphatic heterocycles. The highest BCUT2D eigenvalue weighted by molar-refractivity contribution is 5.99. The third-order valence-electron chi connectivity index (χ3n) is 2.81. The quantitative estimate of drug-likeness (QED) is 0.227. The van der Waals surface area contributed by atoms with Gasteiger partial charge in [-0.2, -0.15) is 5.10 Å². The molecule has 0 heterocycles. The van der Waals surface area contributed by atoms with Crippen LogP contribution in [0, 0.1) is 29.1 Å². The van der Waals surface area contributed by atoms with Gasteiger partial charge < -0.3 is 5.73 Å². The van der Waals surface area contributed by atoms with Gasteiger partial charge in [-0.15, -0.1) is 0 Å². The number of hydrogen-bond donors (Lipinski definition) is 2. The number of nitrogens with two attached hydrogens (primary N) is 1. The number of para-hydroxylation sites is 1. The molecule has 4 nitrogen and oxygen atoms in total. The van der Waals surface area contributed by atoms with E-state index in [0.29, 0.717) is 6.21 Å². The van der Waals surface area contributed by atoms with Gasteiger partial charge in [0.2, 0.25) is 5.82 Å². The van der Waals surface area contributed by atoms with E-state index in [0.717, 1.165) is 0 Å². The molecular weight excluding hydrogens is 321 g/mol. The molecule has 0 aromatic heterocycles. The molecule has 1 amide bonds. The molecule has 0 bridgehead atoms. The summed E-state index contributed by atoms with van der Waals surface area (Å²) in [5.41, 5.74) is 6.29. The third-order valence-corrected chi connectivity index (χ3v) is 2.81. The van der Waals surface area contributed by atoms with Crippen LogP contribution in [0.1, 0.15) is 15.9 Å². The number of hydrazone groups is 1. The highest BCUT2D eigenvalue weighted by Gasteiger charge is 2.24. The molecule has 0 saturated heterocycles. The molecule has 0 atom stereocenters. The van der Waals surface area contributed by atoms with Crippen LogP contribution in [0.3, 0.4) is 0 Å². The molecule has 0 aliphatic rings. The van der Waals surface area contributed by atoms with Crippen molar-refractivity contribution in [1.82, 2.24) is 5.43 Å². The predicted molar refractivity (Wildman–Crippen MR) is 72.1 cm³/mol. The third kappa shape index (κ3) is 3.12. The molecule has 120 valence electrons. The Balaban J connectivity index is 2.25. The second-order valence-corrected chi connectivity index (χ2v) is 4.27. The molecule has 3 N–H and O–H groups in total. The maximum Gasteiger partial charge on any atom is 0.273 e. The lowest BCUT2D eigenvalue weighted by Crippen LogP contribution is -2.19. The number of carbonyl (C=O) groups is 1.